The highest BCUT2D eigenvalue weighted by Gasteiger charge is 2.44. The summed E-state index contributed by atoms with van der Waals surface area (Å²) in [4.78, 5) is 27.1. The van der Waals surface area contributed by atoms with Crippen LogP contribution in [0.3, 0.4) is 0 Å². The van der Waals surface area contributed by atoms with Gasteiger partial charge < -0.3 is 10.2 Å². The summed E-state index contributed by atoms with van der Waals surface area (Å²) in [6.45, 7) is 6.40. The van der Waals surface area contributed by atoms with E-state index in [9.17, 15) is 9.59 Å². The number of carbonyl (C=O) groups excluding carboxylic acids is 2. The van der Waals surface area contributed by atoms with Gasteiger partial charge in [-0.3, -0.25) is 9.59 Å². The first kappa shape index (κ1) is 18.8. The van der Waals surface area contributed by atoms with E-state index in [1.807, 2.05) is 45.0 Å². The van der Waals surface area contributed by atoms with E-state index in [0.717, 1.165) is 31.2 Å². The number of carbonyl (C=O) groups is 2. The lowest BCUT2D eigenvalue weighted by atomic mass is 9.77. The number of likely N-dealkylation sites (N-methyl/N-ethyl adjacent to an activating group) is 1. The second-order valence-corrected chi connectivity index (χ2v) is 7.27. The summed E-state index contributed by atoms with van der Waals surface area (Å²) in [6, 6.07) is 7.65. The first-order valence-electron chi connectivity index (χ1n) is 8.74. The molecule has 1 fully saturated rings. The van der Waals surface area contributed by atoms with Crippen LogP contribution in [0.15, 0.2) is 24.3 Å². The molecule has 0 radical (unpaired) electrons. The van der Waals surface area contributed by atoms with Crippen LogP contribution < -0.4 is 5.32 Å². The van der Waals surface area contributed by atoms with Gasteiger partial charge in [0.05, 0.1) is 12.0 Å². The Kier molecular flexibility index (Phi) is 6.27. The van der Waals surface area contributed by atoms with Crippen LogP contribution in [0.4, 0.5) is 0 Å². The molecule has 0 saturated heterocycles. The van der Waals surface area contributed by atoms with Crippen molar-refractivity contribution in [1.29, 1.82) is 0 Å². The van der Waals surface area contributed by atoms with Crippen molar-refractivity contribution in [3.05, 3.63) is 34.9 Å². The van der Waals surface area contributed by atoms with Crippen LogP contribution in [-0.2, 0) is 15.0 Å². The first-order valence-corrected chi connectivity index (χ1v) is 9.11. The molecule has 1 N–H and O–H groups in total. The maximum atomic E-state index is 13.3. The second-order valence-electron chi connectivity index (χ2n) is 6.84. The Morgan fingerprint density at radius 3 is 2.29 bits per heavy atom. The molecule has 0 unspecified atom stereocenters. The molecule has 0 bridgehead atoms. The molecule has 24 heavy (non-hydrogen) atoms. The number of benzene rings is 1. The summed E-state index contributed by atoms with van der Waals surface area (Å²) in [5.74, 6) is -0.0480. The molecule has 1 aromatic rings. The number of rotatable bonds is 6. The zero-order valence-electron chi connectivity index (χ0n) is 14.8. The molecule has 0 heterocycles. The van der Waals surface area contributed by atoms with Crippen LogP contribution in [0.25, 0.3) is 0 Å². The van der Waals surface area contributed by atoms with Crippen molar-refractivity contribution in [2.75, 3.05) is 13.1 Å². The number of amides is 2. The lowest BCUT2D eigenvalue weighted by Gasteiger charge is -2.34. The van der Waals surface area contributed by atoms with Crippen molar-refractivity contribution < 1.29 is 9.59 Å². The quantitative estimate of drug-likeness (QED) is 0.853. The largest absolute Gasteiger partial charge is 0.352 e. The molecule has 2 rings (SSSR count). The highest BCUT2D eigenvalue weighted by atomic mass is 35.5. The van der Waals surface area contributed by atoms with Crippen LogP contribution in [0.1, 0.15) is 52.0 Å². The predicted molar refractivity (Wildman–Crippen MR) is 97.1 cm³/mol. The van der Waals surface area contributed by atoms with E-state index in [2.05, 4.69) is 5.32 Å². The topological polar surface area (TPSA) is 49.4 Å². The summed E-state index contributed by atoms with van der Waals surface area (Å²) in [5, 5.41) is 3.53. The summed E-state index contributed by atoms with van der Waals surface area (Å²) >= 11 is 6.00. The minimum atomic E-state index is -0.515. The third kappa shape index (κ3) is 4.10. The van der Waals surface area contributed by atoms with E-state index in [0.29, 0.717) is 11.6 Å². The minimum Gasteiger partial charge on any atom is -0.352 e. The number of hydrogen-bond acceptors (Lipinski definition) is 2. The smallest absolute Gasteiger partial charge is 0.239 e. The molecular formula is C19H27ClN2O2. The molecule has 4 nitrogen and oxygen atoms in total. The lowest BCUT2D eigenvalue weighted by molar-refractivity contribution is -0.140. The van der Waals surface area contributed by atoms with Crippen molar-refractivity contribution in [3.63, 3.8) is 0 Å². The Hall–Kier alpha value is -1.55. The van der Waals surface area contributed by atoms with Crippen LogP contribution in [-0.4, -0.2) is 35.8 Å². The van der Waals surface area contributed by atoms with Crippen LogP contribution in [0.2, 0.25) is 5.02 Å². The van der Waals surface area contributed by atoms with E-state index >= 15 is 0 Å². The van der Waals surface area contributed by atoms with Crippen molar-refractivity contribution >= 4 is 23.4 Å². The van der Waals surface area contributed by atoms with Crippen LogP contribution >= 0.6 is 11.6 Å². The summed E-state index contributed by atoms with van der Waals surface area (Å²) in [7, 11) is 0. The molecule has 5 heteroatoms. The van der Waals surface area contributed by atoms with Gasteiger partial charge in [0, 0.05) is 17.6 Å². The second kappa shape index (κ2) is 8.02. The van der Waals surface area contributed by atoms with Gasteiger partial charge in [-0.05, 0) is 51.3 Å². The van der Waals surface area contributed by atoms with Crippen molar-refractivity contribution in [1.82, 2.24) is 10.2 Å². The average Bonchev–Trinajstić information content (AvgIpc) is 3.02. The zero-order chi connectivity index (χ0) is 17.7. The van der Waals surface area contributed by atoms with E-state index < -0.39 is 5.41 Å². The third-order valence-corrected chi connectivity index (χ3v) is 4.97. The van der Waals surface area contributed by atoms with Crippen molar-refractivity contribution in [2.24, 2.45) is 0 Å². The molecule has 1 aliphatic rings. The number of nitrogens with one attached hydrogen (secondary N) is 1. The Balaban J connectivity index is 2.24. The van der Waals surface area contributed by atoms with E-state index in [4.69, 9.17) is 11.6 Å². The molecule has 1 aliphatic carbocycles. The van der Waals surface area contributed by atoms with E-state index in [-0.39, 0.29) is 24.4 Å². The SMILES string of the molecule is CCN(CC(=O)NC(C)C)C(=O)C1(c2ccc(Cl)cc2)CCCC1. The molecule has 0 spiro atoms. The fourth-order valence-corrected chi connectivity index (χ4v) is 3.67. The molecule has 0 aliphatic heterocycles. The summed E-state index contributed by atoms with van der Waals surface area (Å²) in [5.41, 5.74) is 0.496. The maximum Gasteiger partial charge on any atom is 0.239 e. The van der Waals surface area contributed by atoms with Crippen LogP contribution in [0.5, 0.6) is 0 Å². The number of halogens is 1. The van der Waals surface area contributed by atoms with E-state index in [1.165, 1.54) is 0 Å². The highest BCUT2D eigenvalue weighted by molar-refractivity contribution is 6.30. The van der Waals surface area contributed by atoms with Gasteiger partial charge in [0.25, 0.3) is 0 Å². The predicted octanol–water partition coefficient (Wildman–Crippen LogP) is 3.52. The highest BCUT2D eigenvalue weighted by Crippen LogP contribution is 2.42. The maximum absolute atomic E-state index is 13.3. The molecular weight excluding hydrogens is 324 g/mol. The van der Waals surface area contributed by atoms with Gasteiger partial charge >= 0.3 is 0 Å². The van der Waals surface area contributed by atoms with Crippen molar-refractivity contribution in [3.8, 4) is 0 Å². The standard InChI is InChI=1S/C19H27ClN2O2/c1-4-22(13-17(23)21-14(2)3)18(24)19(11-5-6-12-19)15-7-9-16(20)10-8-15/h7-10,14H,4-6,11-13H2,1-3H3,(H,21,23). The monoisotopic (exact) mass is 350 g/mol. The molecule has 0 atom stereocenters. The van der Waals surface area contributed by atoms with Crippen LogP contribution in [0, 0.1) is 0 Å². The minimum absolute atomic E-state index is 0.0590. The molecule has 1 saturated carbocycles. The van der Waals surface area contributed by atoms with Gasteiger partial charge in [0.15, 0.2) is 0 Å². The van der Waals surface area contributed by atoms with E-state index in [1.54, 1.807) is 4.90 Å². The zero-order valence-corrected chi connectivity index (χ0v) is 15.5. The van der Waals surface area contributed by atoms with Crippen molar-refractivity contribution in [2.45, 2.75) is 57.9 Å². The molecule has 2 amide bonds. The van der Waals surface area contributed by atoms with Gasteiger partial charge in [-0.2, -0.15) is 0 Å². The fraction of sp³-hybridized carbons (Fsp3) is 0.579. The molecule has 0 aromatic heterocycles. The Bertz CT molecular complexity index is 578. The van der Waals surface area contributed by atoms with Gasteiger partial charge in [-0.1, -0.05) is 36.6 Å². The molecule has 1 aromatic carbocycles. The van der Waals surface area contributed by atoms with Gasteiger partial charge in [0.1, 0.15) is 0 Å². The summed E-state index contributed by atoms with van der Waals surface area (Å²) in [6.07, 6.45) is 3.72. The Morgan fingerprint density at radius 2 is 1.79 bits per heavy atom. The third-order valence-electron chi connectivity index (χ3n) is 4.72. The fourth-order valence-electron chi connectivity index (χ4n) is 3.54. The molecule has 132 valence electrons. The number of hydrogen-bond donors (Lipinski definition) is 1. The average molecular weight is 351 g/mol. The Labute approximate surface area is 149 Å². The summed E-state index contributed by atoms with van der Waals surface area (Å²) < 4.78 is 0. The lowest BCUT2D eigenvalue weighted by Crippen LogP contribution is -2.49. The van der Waals surface area contributed by atoms with Gasteiger partial charge in [-0.15, -0.1) is 0 Å². The Morgan fingerprint density at radius 1 is 1.21 bits per heavy atom. The number of nitrogens with zero attached hydrogens (tertiary/aromatic N) is 1. The first-order chi connectivity index (χ1) is 11.4. The normalized spacial score (nSPS) is 16.2. The van der Waals surface area contributed by atoms with Gasteiger partial charge in [-0.25, -0.2) is 0 Å². The van der Waals surface area contributed by atoms with Gasteiger partial charge in [0.2, 0.25) is 11.8 Å².